The maximum Gasteiger partial charge on any atom is 0.259 e. The van der Waals surface area contributed by atoms with E-state index in [1.54, 1.807) is 25.1 Å². The molecule has 0 spiro atoms. The molecule has 0 fully saturated rings. The lowest BCUT2D eigenvalue weighted by Gasteiger charge is -2.19. The Kier molecular flexibility index (Phi) is 5.63. The van der Waals surface area contributed by atoms with Crippen molar-refractivity contribution in [2.24, 2.45) is 5.73 Å². The minimum atomic E-state index is -0.536. The molecular weight excluding hydrogens is 359 g/mol. The van der Waals surface area contributed by atoms with E-state index in [0.717, 1.165) is 0 Å². The van der Waals surface area contributed by atoms with Crippen molar-refractivity contribution in [3.8, 4) is 11.3 Å². The molecule has 3 aromatic rings. The molecule has 26 heavy (non-hydrogen) atoms. The molecule has 0 atom stereocenters. The number of rotatable bonds is 4. The van der Waals surface area contributed by atoms with Crippen LogP contribution in [-0.4, -0.2) is 28.1 Å². The summed E-state index contributed by atoms with van der Waals surface area (Å²) in [7, 11) is 0. The molecule has 1 amide bonds. The van der Waals surface area contributed by atoms with E-state index in [9.17, 15) is 9.18 Å². The van der Waals surface area contributed by atoms with Crippen molar-refractivity contribution in [3.63, 3.8) is 0 Å². The highest BCUT2D eigenvalue weighted by atomic mass is 35.5. The molecule has 0 aliphatic carbocycles. The third-order valence-corrected chi connectivity index (χ3v) is 3.71. The lowest BCUT2D eigenvalue weighted by molar-refractivity contribution is 0.0947. The van der Waals surface area contributed by atoms with Gasteiger partial charge in [0.1, 0.15) is 5.82 Å². The van der Waals surface area contributed by atoms with E-state index < -0.39 is 5.54 Å². The maximum atomic E-state index is 13.2. The van der Waals surface area contributed by atoms with Gasteiger partial charge in [0.15, 0.2) is 0 Å². The second kappa shape index (κ2) is 7.39. The largest absolute Gasteiger partial charge is 0.350 e. The quantitative estimate of drug-likeness (QED) is 0.726. The summed E-state index contributed by atoms with van der Waals surface area (Å²) in [5, 5.41) is 7.26. The minimum absolute atomic E-state index is 0. The number of pyridine rings is 1. The van der Waals surface area contributed by atoms with Gasteiger partial charge in [-0.2, -0.15) is 0 Å². The lowest BCUT2D eigenvalue weighted by atomic mass is 10.0. The van der Waals surface area contributed by atoms with Crippen LogP contribution in [0.1, 0.15) is 29.9 Å². The summed E-state index contributed by atoms with van der Waals surface area (Å²) in [6.07, 6.45) is 0. The first-order valence-corrected chi connectivity index (χ1v) is 7.85. The minimum Gasteiger partial charge on any atom is -0.350 e. The summed E-state index contributed by atoms with van der Waals surface area (Å²) in [5.74, 6) is -0.635. The number of halogens is 2. The topological polar surface area (TPSA) is 94.0 Å². The van der Waals surface area contributed by atoms with Crippen molar-refractivity contribution in [1.82, 2.24) is 15.5 Å². The lowest BCUT2D eigenvalue weighted by Crippen LogP contribution is -2.45. The number of aromatic nitrogens is 2. The van der Waals surface area contributed by atoms with Gasteiger partial charge in [-0.1, -0.05) is 5.16 Å². The van der Waals surface area contributed by atoms with Gasteiger partial charge in [0.05, 0.1) is 22.3 Å². The van der Waals surface area contributed by atoms with Crippen LogP contribution in [0.25, 0.3) is 22.4 Å². The number of nitrogens with one attached hydrogen (secondary N) is 1. The fourth-order valence-electron chi connectivity index (χ4n) is 2.45. The van der Waals surface area contributed by atoms with Crippen molar-refractivity contribution >= 4 is 29.4 Å². The van der Waals surface area contributed by atoms with Crippen LogP contribution in [-0.2, 0) is 0 Å². The third-order valence-electron chi connectivity index (χ3n) is 3.71. The highest BCUT2D eigenvalue weighted by Crippen LogP contribution is 2.27. The van der Waals surface area contributed by atoms with E-state index in [-0.39, 0.29) is 29.8 Å². The van der Waals surface area contributed by atoms with Crippen LogP contribution in [0.5, 0.6) is 0 Å². The summed E-state index contributed by atoms with van der Waals surface area (Å²) in [6.45, 7) is 5.70. The molecule has 0 saturated carbocycles. The molecule has 0 aliphatic rings. The molecule has 0 bridgehead atoms. The molecule has 0 aliphatic heterocycles. The Morgan fingerprint density at radius 3 is 2.58 bits per heavy atom. The van der Waals surface area contributed by atoms with Crippen LogP contribution in [0.2, 0.25) is 0 Å². The molecule has 2 heterocycles. The van der Waals surface area contributed by atoms with E-state index in [2.05, 4.69) is 15.5 Å². The Bertz CT molecular complexity index is 933. The molecule has 6 nitrogen and oxygen atoms in total. The Morgan fingerprint density at radius 2 is 1.96 bits per heavy atom. The number of fused-ring (bicyclic) bond motifs is 1. The number of nitrogens with two attached hydrogens (primary N) is 1. The smallest absolute Gasteiger partial charge is 0.259 e. The number of nitrogens with zero attached hydrogens (tertiary/aromatic N) is 2. The Labute approximate surface area is 156 Å². The highest BCUT2D eigenvalue weighted by Gasteiger charge is 2.21. The van der Waals surface area contributed by atoms with Crippen molar-refractivity contribution in [2.45, 2.75) is 26.3 Å². The zero-order valence-electron chi connectivity index (χ0n) is 14.7. The van der Waals surface area contributed by atoms with Crippen LogP contribution in [0.15, 0.2) is 34.9 Å². The Morgan fingerprint density at radius 1 is 1.31 bits per heavy atom. The molecule has 0 saturated heterocycles. The van der Waals surface area contributed by atoms with Gasteiger partial charge in [-0.3, -0.25) is 4.79 Å². The molecule has 3 N–H and O–H groups in total. The number of amides is 1. The standard InChI is InChI=1S/C18H19FN4O2.ClH/c1-10-15-13(16(24)21-9-18(2,3)20)8-14(22-17(15)25-23-10)11-4-6-12(19)7-5-11;/h4-8H,9,20H2,1-3H3,(H,21,24);1H. The van der Waals surface area contributed by atoms with Gasteiger partial charge < -0.3 is 15.6 Å². The van der Waals surface area contributed by atoms with Crippen LogP contribution in [0.4, 0.5) is 4.39 Å². The van der Waals surface area contributed by atoms with Crippen molar-refractivity contribution < 1.29 is 13.7 Å². The van der Waals surface area contributed by atoms with Crippen LogP contribution in [0, 0.1) is 12.7 Å². The van der Waals surface area contributed by atoms with Gasteiger partial charge in [-0.25, -0.2) is 9.37 Å². The van der Waals surface area contributed by atoms with Gasteiger partial charge in [0.2, 0.25) is 0 Å². The number of carbonyl (C=O) groups is 1. The predicted molar refractivity (Wildman–Crippen MR) is 99.8 cm³/mol. The number of hydrogen-bond acceptors (Lipinski definition) is 5. The van der Waals surface area contributed by atoms with Gasteiger partial charge in [-0.05, 0) is 51.1 Å². The molecule has 8 heteroatoms. The van der Waals surface area contributed by atoms with E-state index in [1.807, 2.05) is 13.8 Å². The van der Waals surface area contributed by atoms with E-state index in [1.165, 1.54) is 12.1 Å². The van der Waals surface area contributed by atoms with Gasteiger partial charge in [-0.15, -0.1) is 12.4 Å². The number of aryl methyl sites for hydroxylation is 1. The second-order valence-corrected chi connectivity index (χ2v) is 6.68. The first kappa shape index (κ1) is 19.8. The zero-order valence-corrected chi connectivity index (χ0v) is 15.5. The van der Waals surface area contributed by atoms with Crippen molar-refractivity contribution in [1.29, 1.82) is 0 Å². The molecule has 0 unspecified atom stereocenters. The van der Waals surface area contributed by atoms with Gasteiger partial charge in [0, 0.05) is 17.6 Å². The number of hydrogen-bond donors (Lipinski definition) is 2. The average Bonchev–Trinajstić information content (AvgIpc) is 2.93. The molecular formula is C18H20ClFN4O2. The molecule has 2 aromatic heterocycles. The first-order valence-electron chi connectivity index (χ1n) is 7.85. The summed E-state index contributed by atoms with van der Waals surface area (Å²) in [4.78, 5) is 17.1. The van der Waals surface area contributed by atoms with E-state index >= 15 is 0 Å². The van der Waals surface area contributed by atoms with Crippen LogP contribution >= 0.6 is 12.4 Å². The predicted octanol–water partition coefficient (Wildman–Crippen LogP) is 3.23. The van der Waals surface area contributed by atoms with Gasteiger partial charge in [0.25, 0.3) is 11.6 Å². The second-order valence-electron chi connectivity index (χ2n) is 6.68. The van der Waals surface area contributed by atoms with Crippen molar-refractivity contribution in [3.05, 3.63) is 47.4 Å². The molecule has 1 aromatic carbocycles. The SMILES string of the molecule is Cc1noc2nc(-c3ccc(F)cc3)cc(C(=O)NCC(C)(C)N)c12.Cl. The normalized spacial score (nSPS) is 11.3. The summed E-state index contributed by atoms with van der Waals surface area (Å²) in [5.41, 5.74) is 7.79. The van der Waals surface area contributed by atoms with Crippen molar-refractivity contribution in [2.75, 3.05) is 6.54 Å². The fraction of sp³-hybridized carbons (Fsp3) is 0.278. The van der Waals surface area contributed by atoms with Gasteiger partial charge >= 0.3 is 0 Å². The highest BCUT2D eigenvalue weighted by molar-refractivity contribution is 6.07. The first-order chi connectivity index (χ1) is 11.7. The van der Waals surface area contributed by atoms with E-state index in [0.29, 0.717) is 34.4 Å². The number of benzene rings is 1. The monoisotopic (exact) mass is 378 g/mol. The third kappa shape index (κ3) is 4.17. The Balaban J connectivity index is 0.00000243. The zero-order chi connectivity index (χ0) is 18.2. The number of carbonyl (C=O) groups excluding carboxylic acids is 1. The molecule has 138 valence electrons. The average molecular weight is 379 g/mol. The molecule has 3 rings (SSSR count). The van der Waals surface area contributed by atoms with E-state index in [4.69, 9.17) is 10.3 Å². The van der Waals surface area contributed by atoms with Crippen LogP contribution < -0.4 is 11.1 Å². The van der Waals surface area contributed by atoms with Crippen LogP contribution in [0.3, 0.4) is 0 Å². The Hall–Kier alpha value is -2.51. The maximum absolute atomic E-state index is 13.2. The summed E-state index contributed by atoms with van der Waals surface area (Å²) in [6, 6.07) is 7.51. The summed E-state index contributed by atoms with van der Waals surface area (Å²) < 4.78 is 18.4. The molecule has 0 radical (unpaired) electrons. The summed E-state index contributed by atoms with van der Waals surface area (Å²) >= 11 is 0. The fourth-order valence-corrected chi connectivity index (χ4v) is 2.45.